The molecule has 0 saturated carbocycles. The third-order valence-corrected chi connectivity index (χ3v) is 6.62. The molecule has 4 rings (SSSR count). The number of carbonyl (C=O) groups excluding carboxylic acids is 1. The van der Waals surface area contributed by atoms with Crippen molar-refractivity contribution in [1.82, 2.24) is 9.47 Å². The predicted molar refractivity (Wildman–Crippen MR) is 107 cm³/mol. The molecule has 0 unspecified atom stereocenters. The molecule has 1 N–H and O–H groups in total. The number of aliphatic hydroxyl groups is 1. The highest BCUT2D eigenvalue weighted by molar-refractivity contribution is 5.92. The van der Waals surface area contributed by atoms with E-state index in [1.165, 1.54) is 12.1 Å². The summed E-state index contributed by atoms with van der Waals surface area (Å²) in [6.07, 6.45) is -2.17. The Kier molecular flexibility index (Phi) is 5.21. The third-order valence-electron chi connectivity index (χ3n) is 6.62. The van der Waals surface area contributed by atoms with Gasteiger partial charge in [-0.25, -0.2) is 0 Å². The minimum atomic E-state index is -4.62. The van der Waals surface area contributed by atoms with Gasteiger partial charge in [0.25, 0.3) is 5.91 Å². The summed E-state index contributed by atoms with van der Waals surface area (Å²) in [5.74, 6) is -0.0603. The monoisotopic (exact) mass is 432 g/mol. The molecular formula is C22H23F3N4O2. The maximum Gasteiger partial charge on any atom is 0.417 e. The number of fused-ring (bicyclic) bond motifs is 1. The molecule has 1 aromatic heterocycles. The van der Waals surface area contributed by atoms with Gasteiger partial charge >= 0.3 is 6.18 Å². The Morgan fingerprint density at radius 3 is 2.71 bits per heavy atom. The van der Waals surface area contributed by atoms with E-state index in [-0.39, 0.29) is 18.4 Å². The van der Waals surface area contributed by atoms with Crippen molar-refractivity contribution in [3.8, 4) is 6.07 Å². The van der Waals surface area contributed by atoms with E-state index in [9.17, 15) is 23.1 Å². The highest BCUT2D eigenvalue weighted by Gasteiger charge is 2.50. The van der Waals surface area contributed by atoms with Crippen LogP contribution < -0.4 is 4.90 Å². The van der Waals surface area contributed by atoms with Gasteiger partial charge in [0.1, 0.15) is 5.69 Å². The molecule has 0 bridgehead atoms. The van der Waals surface area contributed by atoms with Gasteiger partial charge in [0.2, 0.25) is 0 Å². The number of aromatic nitrogens is 1. The number of hydrogen-bond donors (Lipinski definition) is 1. The molecular weight excluding hydrogens is 409 g/mol. The predicted octanol–water partition coefficient (Wildman–Crippen LogP) is 2.88. The minimum absolute atomic E-state index is 0.0555. The number of halogens is 3. The van der Waals surface area contributed by atoms with Gasteiger partial charge in [-0.15, -0.1) is 0 Å². The fourth-order valence-electron chi connectivity index (χ4n) is 4.89. The minimum Gasteiger partial charge on any atom is -0.396 e. The number of aliphatic hydroxyl groups excluding tert-OH is 1. The first kappa shape index (κ1) is 21.2. The molecule has 6 nitrogen and oxygen atoms in total. The molecule has 0 aliphatic carbocycles. The SMILES string of the molecule is Cn1cccc1C(=O)N1CC[C@H]2CN(c3ccc(C#N)c(C(F)(F)F)c3)C[C@@]2(CO)C1. The normalized spacial score (nSPS) is 23.5. The number of benzene rings is 1. The van der Waals surface area contributed by atoms with Crippen LogP contribution in [0.5, 0.6) is 0 Å². The molecule has 1 aromatic carbocycles. The zero-order valence-electron chi connectivity index (χ0n) is 17.1. The lowest BCUT2D eigenvalue weighted by Gasteiger charge is -2.43. The average Bonchev–Trinajstić information content (AvgIpc) is 3.35. The van der Waals surface area contributed by atoms with E-state index in [2.05, 4.69) is 0 Å². The molecule has 9 heteroatoms. The topological polar surface area (TPSA) is 72.5 Å². The number of nitriles is 1. The van der Waals surface area contributed by atoms with Crippen molar-refractivity contribution >= 4 is 11.6 Å². The molecule has 2 saturated heterocycles. The number of aryl methyl sites for hydroxylation is 1. The Morgan fingerprint density at radius 1 is 1.32 bits per heavy atom. The van der Waals surface area contributed by atoms with Crippen LogP contribution in [0.3, 0.4) is 0 Å². The number of anilines is 1. The number of rotatable bonds is 3. The van der Waals surface area contributed by atoms with Crippen LogP contribution >= 0.6 is 0 Å². The Morgan fingerprint density at radius 2 is 2.10 bits per heavy atom. The van der Waals surface area contributed by atoms with Crippen molar-refractivity contribution < 1.29 is 23.1 Å². The number of nitrogens with zero attached hydrogens (tertiary/aromatic N) is 4. The standard InChI is InChI=1S/C22H23F3N4O2/c1-27-7-2-3-19(27)20(31)28-8-6-16-11-29(13-21(16,12-28)14-30)17-5-4-15(10-26)18(9-17)22(23,24)25/h2-5,7,9,16,30H,6,8,11-14H2,1H3/t16-,21+/m0/s1. The average molecular weight is 432 g/mol. The van der Waals surface area contributed by atoms with Crippen LogP contribution in [-0.4, -0.2) is 53.3 Å². The Hall–Kier alpha value is -2.99. The zero-order chi connectivity index (χ0) is 22.4. The first-order chi connectivity index (χ1) is 14.7. The molecule has 31 heavy (non-hydrogen) atoms. The highest BCUT2D eigenvalue weighted by atomic mass is 19.4. The van der Waals surface area contributed by atoms with E-state index in [0.717, 1.165) is 6.07 Å². The third kappa shape index (κ3) is 3.65. The van der Waals surface area contributed by atoms with Crippen LogP contribution in [0.15, 0.2) is 36.5 Å². The van der Waals surface area contributed by atoms with Gasteiger partial charge in [-0.1, -0.05) is 0 Å². The molecule has 0 spiro atoms. The molecule has 2 aromatic rings. The van der Waals surface area contributed by atoms with Crippen molar-refractivity contribution in [2.24, 2.45) is 18.4 Å². The van der Waals surface area contributed by atoms with Crippen LogP contribution in [0.25, 0.3) is 0 Å². The smallest absolute Gasteiger partial charge is 0.396 e. The number of carbonyl (C=O) groups is 1. The summed E-state index contributed by atoms with van der Waals surface area (Å²) in [4.78, 5) is 16.5. The number of piperidine rings is 1. The Bertz CT molecular complexity index is 1040. The second kappa shape index (κ2) is 7.61. The van der Waals surface area contributed by atoms with Crippen molar-refractivity contribution in [3.63, 3.8) is 0 Å². The van der Waals surface area contributed by atoms with Crippen molar-refractivity contribution in [2.45, 2.75) is 12.6 Å². The second-order valence-electron chi connectivity index (χ2n) is 8.46. The van der Waals surface area contributed by atoms with Crippen molar-refractivity contribution in [3.05, 3.63) is 53.3 Å². The molecule has 0 radical (unpaired) electrons. The van der Waals surface area contributed by atoms with Crippen molar-refractivity contribution in [2.75, 3.05) is 37.7 Å². The van der Waals surface area contributed by atoms with Crippen LogP contribution in [0, 0.1) is 22.7 Å². The first-order valence-electron chi connectivity index (χ1n) is 10.1. The van der Waals surface area contributed by atoms with E-state index >= 15 is 0 Å². The molecule has 2 aliphatic rings. The van der Waals surface area contributed by atoms with Gasteiger partial charge in [-0.3, -0.25) is 4.79 Å². The van der Waals surface area contributed by atoms with E-state index in [1.807, 2.05) is 4.90 Å². The summed E-state index contributed by atoms with van der Waals surface area (Å²) >= 11 is 0. The van der Waals surface area contributed by atoms with E-state index in [4.69, 9.17) is 5.26 Å². The summed E-state index contributed by atoms with van der Waals surface area (Å²) in [5.41, 5.74) is -1.05. The fraction of sp³-hybridized carbons (Fsp3) is 0.455. The lowest BCUT2D eigenvalue weighted by Crippen LogP contribution is -2.52. The first-order valence-corrected chi connectivity index (χ1v) is 10.1. The maximum atomic E-state index is 13.4. The highest BCUT2D eigenvalue weighted by Crippen LogP contribution is 2.44. The lowest BCUT2D eigenvalue weighted by molar-refractivity contribution is -0.137. The van der Waals surface area contributed by atoms with Crippen LogP contribution in [-0.2, 0) is 13.2 Å². The number of alkyl halides is 3. The van der Waals surface area contributed by atoms with Crippen LogP contribution in [0.1, 0.15) is 28.0 Å². The summed E-state index contributed by atoms with van der Waals surface area (Å²) < 4.78 is 41.9. The molecule has 3 heterocycles. The molecule has 1 amide bonds. The van der Waals surface area contributed by atoms with Crippen molar-refractivity contribution in [1.29, 1.82) is 5.26 Å². The van der Waals surface area contributed by atoms with Gasteiger partial charge < -0.3 is 19.5 Å². The lowest BCUT2D eigenvalue weighted by atomic mass is 9.74. The largest absolute Gasteiger partial charge is 0.417 e. The molecule has 2 atom stereocenters. The summed E-state index contributed by atoms with van der Waals surface area (Å²) in [5, 5.41) is 19.3. The van der Waals surface area contributed by atoms with Gasteiger partial charge in [0.05, 0.1) is 23.8 Å². The van der Waals surface area contributed by atoms with Gasteiger partial charge in [0, 0.05) is 50.5 Å². The summed E-state index contributed by atoms with van der Waals surface area (Å²) in [7, 11) is 1.79. The molecule has 2 aliphatic heterocycles. The number of likely N-dealkylation sites (tertiary alicyclic amines) is 1. The molecule has 164 valence electrons. The molecule has 2 fully saturated rings. The maximum absolute atomic E-state index is 13.4. The Labute approximate surface area is 178 Å². The second-order valence-corrected chi connectivity index (χ2v) is 8.46. The zero-order valence-corrected chi connectivity index (χ0v) is 17.1. The van der Waals surface area contributed by atoms with Gasteiger partial charge in [-0.05, 0) is 42.7 Å². The van der Waals surface area contributed by atoms with Gasteiger partial charge in [0.15, 0.2) is 0 Å². The summed E-state index contributed by atoms with van der Waals surface area (Å²) in [6, 6.07) is 8.86. The number of amides is 1. The van der Waals surface area contributed by atoms with Gasteiger partial charge in [-0.2, -0.15) is 18.4 Å². The van der Waals surface area contributed by atoms with Crippen LogP contribution in [0.4, 0.5) is 18.9 Å². The quantitative estimate of drug-likeness (QED) is 0.810. The summed E-state index contributed by atoms with van der Waals surface area (Å²) in [6.45, 7) is 1.56. The fourth-order valence-corrected chi connectivity index (χ4v) is 4.89. The number of hydrogen-bond acceptors (Lipinski definition) is 4. The van der Waals surface area contributed by atoms with E-state index in [0.29, 0.717) is 44.0 Å². The van der Waals surface area contributed by atoms with E-state index in [1.54, 1.807) is 40.9 Å². The van der Waals surface area contributed by atoms with Crippen LogP contribution in [0.2, 0.25) is 0 Å². The van der Waals surface area contributed by atoms with E-state index < -0.39 is 22.7 Å². The Balaban J connectivity index is 1.59.